The fourth-order valence-corrected chi connectivity index (χ4v) is 3.01. The highest BCUT2D eigenvalue weighted by atomic mass is 32.1. The quantitative estimate of drug-likeness (QED) is 0.755. The fourth-order valence-electron chi connectivity index (χ4n) is 1.53. The van der Waals surface area contributed by atoms with E-state index >= 15 is 0 Å². The van der Waals surface area contributed by atoms with E-state index in [4.69, 9.17) is 0 Å². The van der Waals surface area contributed by atoms with Crippen molar-refractivity contribution in [1.29, 1.82) is 0 Å². The molecule has 0 saturated heterocycles. The molecule has 0 bridgehead atoms. The molecule has 0 radical (unpaired) electrons. The topological polar surface area (TPSA) is 58.2 Å². The molecule has 80 valence electrons. The van der Waals surface area contributed by atoms with Crippen LogP contribution in [0.3, 0.4) is 0 Å². The number of hydrogen-bond donors (Lipinski definition) is 2. The average Bonchev–Trinajstić information content (AvgIpc) is 2.84. The Morgan fingerprint density at radius 3 is 1.69 bits per heavy atom. The summed E-state index contributed by atoms with van der Waals surface area (Å²) in [6, 6.07) is 3.46. The number of carbonyl (C=O) groups excluding carboxylic acids is 2. The lowest BCUT2D eigenvalue weighted by atomic mass is 10.2. The predicted molar refractivity (Wildman–Crippen MR) is 64.5 cm³/mol. The summed E-state index contributed by atoms with van der Waals surface area (Å²) in [7, 11) is 0. The Hall–Kier alpha value is -1.66. The van der Waals surface area contributed by atoms with Gasteiger partial charge in [-0.2, -0.15) is 0 Å². The first-order chi connectivity index (χ1) is 7.75. The molecule has 3 heterocycles. The molecule has 0 atom stereocenters. The van der Waals surface area contributed by atoms with Gasteiger partial charge in [-0.05, 0) is 22.9 Å². The Balaban J connectivity index is 2.14. The first-order valence-electron chi connectivity index (χ1n) is 4.53. The van der Waals surface area contributed by atoms with Crippen LogP contribution in [-0.2, 0) is 0 Å². The monoisotopic (exact) mass is 250 g/mol. The summed E-state index contributed by atoms with van der Waals surface area (Å²) in [5.74, 6) is -0.352. The largest absolute Gasteiger partial charge is 0.320 e. The molecule has 6 heteroatoms. The van der Waals surface area contributed by atoms with Gasteiger partial charge >= 0.3 is 0 Å². The number of amides is 2. The highest BCUT2D eigenvalue weighted by molar-refractivity contribution is 7.14. The zero-order valence-electron chi connectivity index (χ0n) is 7.94. The van der Waals surface area contributed by atoms with Crippen molar-refractivity contribution >= 4 is 45.9 Å². The summed E-state index contributed by atoms with van der Waals surface area (Å²) < 4.78 is 0. The number of thiophene rings is 2. The van der Waals surface area contributed by atoms with Gasteiger partial charge in [0.25, 0.3) is 11.8 Å². The minimum absolute atomic E-state index is 0.176. The van der Waals surface area contributed by atoms with Crippen molar-refractivity contribution in [1.82, 2.24) is 0 Å². The molecule has 2 aromatic heterocycles. The van der Waals surface area contributed by atoms with E-state index in [0.29, 0.717) is 21.1 Å². The SMILES string of the molecule is O=C1Nc2ccsc2C(=O)Nc2ccsc21. The first kappa shape index (κ1) is 9.56. The average molecular weight is 250 g/mol. The van der Waals surface area contributed by atoms with Crippen LogP contribution in [0.2, 0.25) is 0 Å². The van der Waals surface area contributed by atoms with Crippen LogP contribution in [0.15, 0.2) is 22.9 Å². The lowest BCUT2D eigenvalue weighted by molar-refractivity contribution is 0.102. The molecule has 0 aromatic carbocycles. The van der Waals surface area contributed by atoms with Crippen LogP contribution in [0.5, 0.6) is 0 Å². The van der Waals surface area contributed by atoms with E-state index in [2.05, 4.69) is 10.6 Å². The van der Waals surface area contributed by atoms with E-state index in [9.17, 15) is 9.59 Å². The van der Waals surface area contributed by atoms with E-state index in [1.54, 1.807) is 22.9 Å². The highest BCUT2D eigenvalue weighted by Crippen LogP contribution is 2.30. The van der Waals surface area contributed by atoms with E-state index in [0.717, 1.165) is 0 Å². The van der Waals surface area contributed by atoms with Crippen LogP contribution in [-0.4, -0.2) is 11.8 Å². The van der Waals surface area contributed by atoms with Crippen LogP contribution >= 0.6 is 22.7 Å². The van der Waals surface area contributed by atoms with Gasteiger partial charge in [0, 0.05) is 0 Å². The molecule has 1 aliphatic rings. The van der Waals surface area contributed by atoms with Crippen molar-refractivity contribution < 1.29 is 9.59 Å². The van der Waals surface area contributed by atoms with Crippen molar-refractivity contribution in [3.05, 3.63) is 32.6 Å². The van der Waals surface area contributed by atoms with Gasteiger partial charge in [-0.3, -0.25) is 9.59 Å². The van der Waals surface area contributed by atoms with Crippen LogP contribution in [0.1, 0.15) is 19.3 Å². The van der Waals surface area contributed by atoms with E-state index in [1.165, 1.54) is 22.7 Å². The van der Waals surface area contributed by atoms with Crippen molar-refractivity contribution in [3.8, 4) is 0 Å². The predicted octanol–water partition coefficient (Wildman–Crippen LogP) is 2.63. The molecular formula is C10H6N2O2S2. The molecule has 2 N–H and O–H groups in total. The molecule has 0 aliphatic carbocycles. The molecule has 0 spiro atoms. The third-order valence-electron chi connectivity index (χ3n) is 2.24. The fraction of sp³-hybridized carbons (Fsp3) is 0. The Labute approximate surface area is 98.9 Å². The zero-order valence-corrected chi connectivity index (χ0v) is 9.58. The van der Waals surface area contributed by atoms with Crippen molar-refractivity contribution in [2.24, 2.45) is 0 Å². The van der Waals surface area contributed by atoms with Crippen LogP contribution in [0.25, 0.3) is 0 Å². The number of carbonyl (C=O) groups is 2. The van der Waals surface area contributed by atoms with Gasteiger partial charge in [-0.15, -0.1) is 22.7 Å². The number of hydrogen-bond acceptors (Lipinski definition) is 4. The first-order valence-corrected chi connectivity index (χ1v) is 6.29. The molecular weight excluding hydrogens is 244 g/mol. The maximum Gasteiger partial charge on any atom is 0.267 e. The second-order valence-corrected chi connectivity index (χ2v) is 5.07. The molecule has 0 unspecified atom stereocenters. The molecule has 0 fully saturated rings. The van der Waals surface area contributed by atoms with Gasteiger partial charge in [-0.1, -0.05) is 0 Å². The Morgan fingerprint density at radius 1 is 0.812 bits per heavy atom. The van der Waals surface area contributed by atoms with Gasteiger partial charge in [0.05, 0.1) is 11.4 Å². The summed E-state index contributed by atoms with van der Waals surface area (Å²) in [6.07, 6.45) is 0. The minimum Gasteiger partial charge on any atom is -0.320 e. The number of anilines is 2. The molecule has 2 aromatic rings. The normalized spacial score (nSPS) is 14.2. The van der Waals surface area contributed by atoms with Crippen molar-refractivity contribution in [2.45, 2.75) is 0 Å². The Bertz CT molecular complexity index is 533. The van der Waals surface area contributed by atoms with Gasteiger partial charge in [0.1, 0.15) is 9.75 Å². The summed E-state index contributed by atoms with van der Waals surface area (Å²) in [5.41, 5.74) is 1.15. The Morgan fingerprint density at radius 2 is 1.25 bits per heavy atom. The van der Waals surface area contributed by atoms with E-state index < -0.39 is 0 Å². The molecule has 0 saturated carbocycles. The summed E-state index contributed by atoms with van der Waals surface area (Å²) in [4.78, 5) is 24.7. The van der Waals surface area contributed by atoms with Crippen LogP contribution < -0.4 is 10.6 Å². The van der Waals surface area contributed by atoms with Crippen molar-refractivity contribution in [2.75, 3.05) is 10.6 Å². The molecule has 16 heavy (non-hydrogen) atoms. The third-order valence-corrected chi connectivity index (χ3v) is 4.07. The smallest absolute Gasteiger partial charge is 0.267 e. The highest BCUT2D eigenvalue weighted by Gasteiger charge is 2.23. The maximum atomic E-state index is 11.8. The molecule has 2 amide bonds. The van der Waals surface area contributed by atoms with Crippen LogP contribution in [0.4, 0.5) is 11.4 Å². The second kappa shape index (κ2) is 3.43. The maximum absolute atomic E-state index is 11.8. The lowest BCUT2D eigenvalue weighted by Gasteiger charge is -2.11. The summed E-state index contributed by atoms with van der Waals surface area (Å²) >= 11 is 2.62. The van der Waals surface area contributed by atoms with Gasteiger partial charge < -0.3 is 10.6 Å². The van der Waals surface area contributed by atoms with Crippen LogP contribution in [0, 0.1) is 0 Å². The lowest BCUT2D eigenvalue weighted by Crippen LogP contribution is -2.21. The minimum atomic E-state index is -0.176. The standard InChI is InChI=1S/C10H6N2O2S2/c13-9-7-5(1-3-15-7)11-10(14)8-6(12-9)2-4-16-8/h1-4H,(H,11,14)(H,12,13). The number of rotatable bonds is 0. The summed E-state index contributed by atoms with van der Waals surface area (Å²) in [5, 5.41) is 9.04. The third kappa shape index (κ3) is 1.35. The molecule has 3 rings (SSSR count). The van der Waals surface area contributed by atoms with Crippen molar-refractivity contribution in [3.63, 3.8) is 0 Å². The molecule has 1 aliphatic heterocycles. The molecule has 4 nitrogen and oxygen atoms in total. The van der Waals surface area contributed by atoms with E-state index in [1.807, 2.05) is 0 Å². The van der Waals surface area contributed by atoms with Gasteiger partial charge in [-0.25, -0.2) is 0 Å². The number of fused-ring (bicyclic) bond motifs is 2. The Kier molecular flexibility index (Phi) is 2.05. The van der Waals surface area contributed by atoms with Gasteiger partial charge in [0.15, 0.2) is 0 Å². The number of nitrogens with one attached hydrogen (secondary N) is 2. The second-order valence-electron chi connectivity index (χ2n) is 3.24. The van der Waals surface area contributed by atoms with E-state index in [-0.39, 0.29) is 11.8 Å². The summed E-state index contributed by atoms with van der Waals surface area (Å²) in [6.45, 7) is 0. The van der Waals surface area contributed by atoms with Gasteiger partial charge in [0.2, 0.25) is 0 Å². The zero-order chi connectivity index (χ0) is 11.1.